The van der Waals surface area contributed by atoms with Crippen molar-refractivity contribution in [2.24, 2.45) is 11.7 Å². The zero-order valence-corrected chi connectivity index (χ0v) is 10.2. The maximum absolute atomic E-state index is 12.0. The minimum atomic E-state index is 0.0684. The summed E-state index contributed by atoms with van der Waals surface area (Å²) in [5, 5.41) is 10.5. The molecule has 4 N–H and O–H groups in total. The first-order chi connectivity index (χ1) is 8.16. The summed E-state index contributed by atoms with van der Waals surface area (Å²) in [7, 11) is 0. The summed E-state index contributed by atoms with van der Waals surface area (Å²) in [6, 6.07) is 0.451. The Hall–Kier alpha value is -1.26. The zero-order chi connectivity index (χ0) is 12.3. The molecule has 0 aromatic heterocycles. The lowest BCUT2D eigenvalue weighted by molar-refractivity contribution is 0.176. The summed E-state index contributed by atoms with van der Waals surface area (Å²) < 4.78 is 0. The third-order valence-corrected chi connectivity index (χ3v) is 3.90. The van der Waals surface area contributed by atoms with Crippen LogP contribution in [0.2, 0.25) is 0 Å². The quantitative estimate of drug-likeness (QED) is 0.500. The van der Waals surface area contributed by atoms with Gasteiger partial charge in [-0.25, -0.2) is 4.79 Å². The molecule has 1 saturated heterocycles. The van der Waals surface area contributed by atoms with Gasteiger partial charge >= 0.3 is 6.03 Å². The molecule has 1 heterocycles. The maximum Gasteiger partial charge on any atom is 0.317 e. The Morgan fingerprint density at radius 2 is 1.76 bits per heavy atom. The number of nitrogens with two attached hydrogens (primary N) is 1. The topological polar surface area (TPSA) is 82.2 Å². The second-order valence-electron chi connectivity index (χ2n) is 5.15. The Kier molecular flexibility index (Phi) is 3.86. The molecule has 2 rings (SSSR count). The summed E-state index contributed by atoms with van der Waals surface area (Å²) in [4.78, 5) is 13.8. The van der Waals surface area contributed by atoms with Crippen LogP contribution in [0.3, 0.4) is 0 Å². The summed E-state index contributed by atoms with van der Waals surface area (Å²) in [6.45, 7) is 1.45. The number of rotatable bonds is 2. The molecule has 0 radical (unpaired) electrons. The van der Waals surface area contributed by atoms with Crippen LogP contribution in [0.5, 0.6) is 0 Å². The standard InChI is InChI=1S/C12H22N4O/c13-11(14)9-5-7-16(8-6-9)12(17)15-10-3-1-2-4-10/h9-10H,1-8H2,(H3,13,14)(H,15,17). The van der Waals surface area contributed by atoms with E-state index in [1.807, 2.05) is 4.90 Å². The van der Waals surface area contributed by atoms with Crippen LogP contribution in [0, 0.1) is 11.3 Å². The van der Waals surface area contributed by atoms with E-state index in [0.717, 1.165) is 38.8 Å². The van der Waals surface area contributed by atoms with E-state index >= 15 is 0 Å². The first-order valence-electron chi connectivity index (χ1n) is 6.56. The number of hydrogen-bond acceptors (Lipinski definition) is 2. The molecule has 0 aromatic carbocycles. The number of carbonyl (C=O) groups is 1. The van der Waals surface area contributed by atoms with Crippen molar-refractivity contribution in [3.05, 3.63) is 0 Å². The van der Waals surface area contributed by atoms with Gasteiger partial charge in [-0.1, -0.05) is 12.8 Å². The molecule has 2 amide bonds. The van der Waals surface area contributed by atoms with Crippen LogP contribution in [-0.4, -0.2) is 35.9 Å². The second-order valence-corrected chi connectivity index (χ2v) is 5.15. The van der Waals surface area contributed by atoms with Gasteiger partial charge in [0.2, 0.25) is 0 Å². The normalized spacial score (nSPS) is 22.7. The molecule has 17 heavy (non-hydrogen) atoms. The molecule has 5 heteroatoms. The fourth-order valence-corrected chi connectivity index (χ4v) is 2.73. The van der Waals surface area contributed by atoms with Crippen LogP contribution in [0.25, 0.3) is 0 Å². The molecule has 2 aliphatic rings. The minimum Gasteiger partial charge on any atom is -0.387 e. The summed E-state index contributed by atoms with van der Waals surface area (Å²) >= 11 is 0. The highest BCUT2D eigenvalue weighted by molar-refractivity contribution is 5.80. The molecular weight excluding hydrogens is 216 g/mol. The monoisotopic (exact) mass is 238 g/mol. The highest BCUT2D eigenvalue weighted by Crippen LogP contribution is 2.20. The number of carbonyl (C=O) groups excluding carboxylic acids is 1. The molecule has 1 aliphatic heterocycles. The van der Waals surface area contributed by atoms with Gasteiger partial charge in [-0.05, 0) is 25.7 Å². The number of amidine groups is 1. The summed E-state index contributed by atoms with van der Waals surface area (Å²) in [5.41, 5.74) is 5.48. The summed E-state index contributed by atoms with van der Waals surface area (Å²) in [5.74, 6) is 0.436. The van der Waals surface area contributed by atoms with Gasteiger partial charge in [0, 0.05) is 25.0 Å². The Labute approximate surface area is 102 Å². The van der Waals surface area contributed by atoms with Crippen LogP contribution < -0.4 is 11.1 Å². The average molecular weight is 238 g/mol. The molecule has 2 fully saturated rings. The van der Waals surface area contributed by atoms with Gasteiger partial charge in [-0.2, -0.15) is 0 Å². The highest BCUT2D eigenvalue weighted by atomic mass is 16.2. The van der Waals surface area contributed by atoms with Gasteiger partial charge in [0.25, 0.3) is 0 Å². The lowest BCUT2D eigenvalue weighted by Crippen LogP contribution is -2.48. The lowest BCUT2D eigenvalue weighted by atomic mass is 9.96. The van der Waals surface area contributed by atoms with E-state index in [-0.39, 0.29) is 17.8 Å². The Bertz CT molecular complexity index is 291. The van der Waals surface area contributed by atoms with E-state index in [4.69, 9.17) is 11.1 Å². The smallest absolute Gasteiger partial charge is 0.317 e. The molecule has 0 unspecified atom stereocenters. The van der Waals surface area contributed by atoms with Crippen molar-refractivity contribution < 1.29 is 4.79 Å². The van der Waals surface area contributed by atoms with Crippen molar-refractivity contribution in [2.75, 3.05) is 13.1 Å². The van der Waals surface area contributed by atoms with Gasteiger partial charge < -0.3 is 16.0 Å². The van der Waals surface area contributed by atoms with Crippen molar-refractivity contribution in [2.45, 2.75) is 44.6 Å². The molecule has 5 nitrogen and oxygen atoms in total. The number of nitrogens with zero attached hydrogens (tertiary/aromatic N) is 1. The second kappa shape index (κ2) is 5.38. The van der Waals surface area contributed by atoms with Crippen LogP contribution >= 0.6 is 0 Å². The minimum absolute atomic E-state index is 0.0684. The van der Waals surface area contributed by atoms with Gasteiger partial charge in [0.1, 0.15) is 0 Å². The van der Waals surface area contributed by atoms with E-state index in [0.29, 0.717) is 6.04 Å². The molecule has 1 saturated carbocycles. The predicted molar refractivity (Wildman–Crippen MR) is 67.0 cm³/mol. The molecule has 0 atom stereocenters. The Balaban J connectivity index is 1.75. The summed E-state index contributed by atoms with van der Waals surface area (Å²) in [6.07, 6.45) is 6.36. The lowest BCUT2D eigenvalue weighted by Gasteiger charge is -2.32. The van der Waals surface area contributed by atoms with Crippen molar-refractivity contribution in [1.29, 1.82) is 5.41 Å². The third-order valence-electron chi connectivity index (χ3n) is 3.90. The van der Waals surface area contributed by atoms with Gasteiger partial charge in [-0.3, -0.25) is 5.41 Å². The number of nitrogens with one attached hydrogen (secondary N) is 2. The molecule has 0 aromatic rings. The van der Waals surface area contributed by atoms with Crippen LogP contribution in [0.4, 0.5) is 4.79 Å². The number of likely N-dealkylation sites (tertiary alicyclic amines) is 1. The van der Waals surface area contributed by atoms with E-state index in [2.05, 4.69) is 5.32 Å². The van der Waals surface area contributed by atoms with Crippen molar-refractivity contribution >= 4 is 11.9 Å². The number of hydrogen-bond donors (Lipinski definition) is 3. The van der Waals surface area contributed by atoms with Crippen LogP contribution in [-0.2, 0) is 0 Å². The van der Waals surface area contributed by atoms with Crippen LogP contribution in [0.15, 0.2) is 0 Å². The van der Waals surface area contributed by atoms with Crippen molar-refractivity contribution in [3.8, 4) is 0 Å². The number of urea groups is 1. The largest absolute Gasteiger partial charge is 0.387 e. The van der Waals surface area contributed by atoms with Crippen LogP contribution in [0.1, 0.15) is 38.5 Å². The third kappa shape index (κ3) is 3.11. The molecule has 1 aliphatic carbocycles. The molecule has 0 spiro atoms. The van der Waals surface area contributed by atoms with Gasteiger partial charge in [-0.15, -0.1) is 0 Å². The molecule has 96 valence electrons. The molecule has 0 bridgehead atoms. The highest BCUT2D eigenvalue weighted by Gasteiger charge is 2.26. The van der Waals surface area contributed by atoms with E-state index in [1.165, 1.54) is 12.8 Å². The first kappa shape index (κ1) is 12.2. The molecular formula is C12H22N4O. The SMILES string of the molecule is N=C(N)C1CCN(C(=O)NC2CCCC2)CC1. The van der Waals surface area contributed by atoms with Gasteiger partial charge in [0.05, 0.1) is 5.84 Å². The Morgan fingerprint density at radius 1 is 1.18 bits per heavy atom. The van der Waals surface area contributed by atoms with Crippen molar-refractivity contribution in [1.82, 2.24) is 10.2 Å². The zero-order valence-electron chi connectivity index (χ0n) is 10.2. The fraction of sp³-hybridized carbons (Fsp3) is 0.833. The number of piperidine rings is 1. The van der Waals surface area contributed by atoms with E-state index < -0.39 is 0 Å². The first-order valence-corrected chi connectivity index (χ1v) is 6.56. The van der Waals surface area contributed by atoms with E-state index in [1.54, 1.807) is 0 Å². The fourth-order valence-electron chi connectivity index (χ4n) is 2.73. The average Bonchev–Trinajstić information content (AvgIpc) is 2.82. The number of amides is 2. The Morgan fingerprint density at radius 3 is 2.29 bits per heavy atom. The van der Waals surface area contributed by atoms with Gasteiger partial charge in [0.15, 0.2) is 0 Å². The predicted octanol–water partition coefficient (Wildman–Crippen LogP) is 1.29. The van der Waals surface area contributed by atoms with Crippen molar-refractivity contribution in [3.63, 3.8) is 0 Å². The van der Waals surface area contributed by atoms with E-state index in [9.17, 15) is 4.79 Å². The maximum atomic E-state index is 12.0.